The van der Waals surface area contributed by atoms with E-state index in [9.17, 15) is 12.8 Å². The lowest BCUT2D eigenvalue weighted by atomic mass is 10.2. The van der Waals surface area contributed by atoms with Gasteiger partial charge in [0.1, 0.15) is 13.9 Å². The SMILES string of the molecule is C[Si](C)(C)C#C/C=C/S(=O)(=O)N1CCN(c2ccc(F)cc2)CC1. The predicted octanol–water partition coefficient (Wildman–Crippen LogP) is 2.67. The van der Waals surface area contributed by atoms with E-state index in [1.165, 1.54) is 27.9 Å². The van der Waals surface area contributed by atoms with E-state index >= 15 is 0 Å². The fourth-order valence-electron chi connectivity index (χ4n) is 2.32. The van der Waals surface area contributed by atoms with Gasteiger partial charge in [0.15, 0.2) is 0 Å². The van der Waals surface area contributed by atoms with Crippen molar-refractivity contribution in [3.8, 4) is 11.5 Å². The second-order valence-electron chi connectivity index (χ2n) is 6.73. The van der Waals surface area contributed by atoms with Crippen molar-refractivity contribution >= 4 is 23.8 Å². The van der Waals surface area contributed by atoms with Crippen LogP contribution in [0.4, 0.5) is 10.1 Å². The highest BCUT2D eigenvalue weighted by molar-refractivity contribution is 7.92. The van der Waals surface area contributed by atoms with Crippen molar-refractivity contribution in [2.75, 3.05) is 31.1 Å². The van der Waals surface area contributed by atoms with Crippen LogP contribution in [0.2, 0.25) is 19.6 Å². The summed E-state index contributed by atoms with van der Waals surface area (Å²) in [6.07, 6.45) is 1.43. The Kier molecular flexibility index (Phi) is 5.86. The molecule has 1 aromatic carbocycles. The van der Waals surface area contributed by atoms with Gasteiger partial charge in [-0.1, -0.05) is 25.6 Å². The van der Waals surface area contributed by atoms with E-state index in [1.54, 1.807) is 12.1 Å². The lowest BCUT2D eigenvalue weighted by Crippen LogP contribution is -2.48. The maximum absolute atomic E-state index is 13.0. The van der Waals surface area contributed by atoms with Gasteiger partial charge in [-0.05, 0) is 24.3 Å². The van der Waals surface area contributed by atoms with Gasteiger partial charge in [-0.15, -0.1) is 5.54 Å². The van der Waals surface area contributed by atoms with Crippen LogP contribution in [0.25, 0.3) is 0 Å². The van der Waals surface area contributed by atoms with E-state index in [0.717, 1.165) is 5.69 Å². The van der Waals surface area contributed by atoms with Crippen molar-refractivity contribution in [2.24, 2.45) is 0 Å². The van der Waals surface area contributed by atoms with Crippen molar-refractivity contribution in [3.63, 3.8) is 0 Å². The average Bonchev–Trinajstić information content (AvgIpc) is 2.52. The quantitative estimate of drug-likeness (QED) is 0.610. The fraction of sp³-hybridized carbons (Fsp3) is 0.412. The van der Waals surface area contributed by atoms with Gasteiger partial charge < -0.3 is 4.90 Å². The van der Waals surface area contributed by atoms with Gasteiger partial charge >= 0.3 is 0 Å². The summed E-state index contributed by atoms with van der Waals surface area (Å²) in [6.45, 7) is 8.31. The van der Waals surface area contributed by atoms with E-state index in [2.05, 4.69) is 36.0 Å². The molecule has 1 saturated heterocycles. The summed E-state index contributed by atoms with van der Waals surface area (Å²) in [6, 6.07) is 6.26. The molecule has 1 aromatic rings. The molecule has 0 amide bonds. The summed E-state index contributed by atoms with van der Waals surface area (Å²) in [5, 5.41) is 1.19. The van der Waals surface area contributed by atoms with Crippen molar-refractivity contribution < 1.29 is 12.8 Å². The first-order valence-electron chi connectivity index (χ1n) is 7.87. The molecule has 2 rings (SSSR count). The molecule has 1 aliphatic heterocycles. The minimum atomic E-state index is -3.43. The minimum Gasteiger partial charge on any atom is -0.369 e. The number of piperazine rings is 1. The third-order valence-corrected chi connectivity index (χ3v) is 6.02. The van der Waals surface area contributed by atoms with Gasteiger partial charge in [-0.3, -0.25) is 0 Å². The molecule has 1 fully saturated rings. The largest absolute Gasteiger partial charge is 0.369 e. The zero-order valence-electron chi connectivity index (χ0n) is 14.3. The van der Waals surface area contributed by atoms with Gasteiger partial charge in [-0.2, -0.15) is 4.31 Å². The Balaban J connectivity index is 1.96. The molecule has 24 heavy (non-hydrogen) atoms. The number of allylic oxidation sites excluding steroid dienone is 1. The third-order valence-electron chi connectivity index (χ3n) is 3.56. The average molecular weight is 367 g/mol. The van der Waals surface area contributed by atoms with Crippen LogP contribution in [0.5, 0.6) is 0 Å². The molecule has 4 nitrogen and oxygen atoms in total. The Hall–Kier alpha value is -1.62. The molecule has 1 heterocycles. The Morgan fingerprint density at radius 3 is 2.21 bits per heavy atom. The molecule has 0 radical (unpaired) electrons. The van der Waals surface area contributed by atoms with Crippen molar-refractivity contribution in [3.05, 3.63) is 41.6 Å². The topological polar surface area (TPSA) is 40.6 Å². The Labute approximate surface area is 145 Å². The van der Waals surface area contributed by atoms with Crippen molar-refractivity contribution in [2.45, 2.75) is 19.6 Å². The van der Waals surface area contributed by atoms with Gasteiger partial charge in [-0.25, -0.2) is 12.8 Å². The Morgan fingerprint density at radius 1 is 1.08 bits per heavy atom. The zero-order chi connectivity index (χ0) is 17.8. The minimum absolute atomic E-state index is 0.274. The lowest BCUT2D eigenvalue weighted by Gasteiger charge is -2.34. The molecular formula is C17H23FN2O2SSi. The van der Waals surface area contributed by atoms with Gasteiger partial charge in [0.2, 0.25) is 10.0 Å². The molecule has 130 valence electrons. The number of hydrogen-bond donors (Lipinski definition) is 0. The smallest absolute Gasteiger partial charge is 0.236 e. The van der Waals surface area contributed by atoms with Crippen LogP contribution < -0.4 is 4.90 Å². The van der Waals surface area contributed by atoms with Crippen LogP contribution in [0, 0.1) is 17.3 Å². The Bertz CT molecular complexity index is 751. The highest BCUT2D eigenvalue weighted by Crippen LogP contribution is 2.18. The molecule has 0 unspecified atom stereocenters. The summed E-state index contributed by atoms with van der Waals surface area (Å²) in [4.78, 5) is 2.06. The van der Waals surface area contributed by atoms with Crippen LogP contribution in [-0.2, 0) is 10.0 Å². The standard InChI is InChI=1S/C17H23FN2O2SSi/c1-24(2,3)15-5-4-14-23(21,22)20-12-10-19(11-13-20)17-8-6-16(18)7-9-17/h4,6-9,14H,10-13H2,1-3H3/b14-4+. The molecular weight excluding hydrogens is 343 g/mol. The monoisotopic (exact) mass is 366 g/mol. The predicted molar refractivity (Wildman–Crippen MR) is 99.4 cm³/mol. The van der Waals surface area contributed by atoms with Gasteiger partial charge in [0.05, 0.1) is 5.41 Å². The summed E-state index contributed by atoms with van der Waals surface area (Å²) >= 11 is 0. The van der Waals surface area contributed by atoms with Crippen LogP contribution in [0.3, 0.4) is 0 Å². The number of sulfonamides is 1. The number of halogens is 1. The number of benzene rings is 1. The first-order valence-corrected chi connectivity index (χ1v) is 12.9. The zero-order valence-corrected chi connectivity index (χ0v) is 16.1. The summed E-state index contributed by atoms with van der Waals surface area (Å²) in [5.74, 6) is 2.57. The van der Waals surface area contributed by atoms with Crippen LogP contribution >= 0.6 is 0 Å². The second-order valence-corrected chi connectivity index (χ2v) is 13.3. The Morgan fingerprint density at radius 2 is 1.67 bits per heavy atom. The van der Waals surface area contributed by atoms with E-state index in [1.807, 2.05) is 0 Å². The van der Waals surface area contributed by atoms with E-state index in [-0.39, 0.29) is 5.82 Å². The van der Waals surface area contributed by atoms with Crippen molar-refractivity contribution in [1.29, 1.82) is 0 Å². The normalized spacial score (nSPS) is 16.9. The lowest BCUT2D eigenvalue weighted by molar-refractivity contribution is 0.390. The number of nitrogens with zero attached hydrogens (tertiary/aromatic N) is 2. The third kappa shape index (κ3) is 5.48. The molecule has 0 spiro atoms. The highest BCUT2D eigenvalue weighted by Gasteiger charge is 2.25. The second kappa shape index (κ2) is 7.51. The van der Waals surface area contributed by atoms with Gasteiger partial charge in [0, 0.05) is 37.9 Å². The van der Waals surface area contributed by atoms with Crippen LogP contribution in [0.15, 0.2) is 35.7 Å². The molecule has 0 atom stereocenters. The molecule has 0 N–H and O–H groups in total. The molecule has 0 aliphatic carbocycles. The summed E-state index contributed by atoms with van der Waals surface area (Å²) < 4.78 is 39.1. The molecule has 0 aromatic heterocycles. The van der Waals surface area contributed by atoms with Crippen LogP contribution in [-0.4, -0.2) is 47.0 Å². The highest BCUT2D eigenvalue weighted by atomic mass is 32.2. The number of hydrogen-bond acceptors (Lipinski definition) is 3. The van der Waals surface area contributed by atoms with Crippen molar-refractivity contribution in [1.82, 2.24) is 4.31 Å². The van der Waals surface area contributed by atoms with E-state index < -0.39 is 18.1 Å². The van der Waals surface area contributed by atoms with E-state index in [0.29, 0.717) is 26.2 Å². The first-order chi connectivity index (χ1) is 11.2. The molecule has 1 aliphatic rings. The van der Waals surface area contributed by atoms with Gasteiger partial charge in [0.25, 0.3) is 0 Å². The fourth-order valence-corrected chi connectivity index (χ4v) is 3.92. The maximum atomic E-state index is 13.0. The number of anilines is 1. The molecule has 7 heteroatoms. The van der Waals surface area contributed by atoms with Crippen LogP contribution in [0.1, 0.15) is 0 Å². The summed E-state index contributed by atoms with van der Waals surface area (Å²) in [7, 11) is -4.93. The first kappa shape index (κ1) is 18.7. The molecule has 0 bridgehead atoms. The molecule has 0 saturated carbocycles. The summed E-state index contributed by atoms with van der Waals surface area (Å²) in [5.41, 5.74) is 4.02. The maximum Gasteiger partial charge on any atom is 0.236 e. The van der Waals surface area contributed by atoms with E-state index in [4.69, 9.17) is 0 Å². The number of rotatable bonds is 3.